The fourth-order valence-corrected chi connectivity index (χ4v) is 2.40. The van der Waals surface area contributed by atoms with E-state index in [0.717, 1.165) is 6.54 Å². The summed E-state index contributed by atoms with van der Waals surface area (Å²) in [5.41, 5.74) is 6.38. The summed E-state index contributed by atoms with van der Waals surface area (Å²) in [6.45, 7) is 3.40. The maximum absolute atomic E-state index is 3.54. The number of nitrogens with one attached hydrogen (secondary N) is 1. The predicted molar refractivity (Wildman–Crippen MR) is 49.4 cm³/mol. The molecule has 1 N–H and O–H groups in total. The van der Waals surface area contributed by atoms with Crippen LogP contribution >= 0.6 is 0 Å². The third kappa shape index (κ3) is 0.674. The van der Waals surface area contributed by atoms with Gasteiger partial charge in [0.2, 0.25) is 0 Å². The van der Waals surface area contributed by atoms with Gasteiger partial charge in [0.1, 0.15) is 0 Å². The highest BCUT2D eigenvalue weighted by Crippen LogP contribution is 2.48. The Kier molecular flexibility index (Phi) is 1.17. The minimum atomic E-state index is 0.652. The Balaban J connectivity index is 2.17. The van der Waals surface area contributed by atoms with Crippen molar-refractivity contribution < 1.29 is 0 Å². The van der Waals surface area contributed by atoms with Crippen molar-refractivity contribution in [3.8, 4) is 0 Å². The van der Waals surface area contributed by atoms with Crippen molar-refractivity contribution in [2.45, 2.75) is 25.8 Å². The van der Waals surface area contributed by atoms with Gasteiger partial charge in [0, 0.05) is 6.54 Å². The van der Waals surface area contributed by atoms with E-state index in [-0.39, 0.29) is 0 Å². The van der Waals surface area contributed by atoms with Gasteiger partial charge in [-0.1, -0.05) is 19.1 Å². The van der Waals surface area contributed by atoms with Crippen LogP contribution in [0.5, 0.6) is 0 Å². The minimum Gasteiger partial charge on any atom is -0.306 e. The summed E-state index contributed by atoms with van der Waals surface area (Å²) in [6, 6.07) is 5.28. The van der Waals surface area contributed by atoms with Crippen molar-refractivity contribution in [1.82, 2.24) is 5.32 Å². The van der Waals surface area contributed by atoms with Crippen molar-refractivity contribution in [2.75, 3.05) is 6.54 Å². The number of hydrogen-bond acceptors (Lipinski definition) is 1. The second-order valence-corrected chi connectivity index (χ2v) is 3.70. The Morgan fingerprint density at radius 3 is 3.17 bits per heavy atom. The zero-order valence-corrected chi connectivity index (χ0v) is 7.35. The minimum absolute atomic E-state index is 0.652. The van der Waals surface area contributed by atoms with E-state index >= 15 is 0 Å². The molecule has 62 valence electrons. The zero-order valence-electron chi connectivity index (χ0n) is 7.35. The summed E-state index contributed by atoms with van der Waals surface area (Å²) < 4.78 is 0. The maximum Gasteiger partial charge on any atom is 0.0589 e. The van der Waals surface area contributed by atoms with Crippen LogP contribution in [0.2, 0.25) is 0 Å². The van der Waals surface area contributed by atoms with Crippen molar-refractivity contribution in [3.63, 3.8) is 0 Å². The van der Waals surface area contributed by atoms with Gasteiger partial charge in [-0.3, -0.25) is 0 Å². The van der Waals surface area contributed by atoms with E-state index < -0.39 is 0 Å². The quantitative estimate of drug-likeness (QED) is 0.658. The fraction of sp³-hybridized carbons (Fsp3) is 0.455. The molecule has 1 aromatic rings. The van der Waals surface area contributed by atoms with Gasteiger partial charge in [-0.05, 0) is 35.1 Å². The molecule has 2 aliphatic rings. The van der Waals surface area contributed by atoms with Gasteiger partial charge in [-0.25, -0.2) is 0 Å². The average molecular weight is 159 g/mol. The van der Waals surface area contributed by atoms with Gasteiger partial charge in [0.05, 0.1) is 6.04 Å². The third-order valence-corrected chi connectivity index (χ3v) is 3.09. The zero-order chi connectivity index (χ0) is 8.13. The van der Waals surface area contributed by atoms with E-state index in [4.69, 9.17) is 0 Å². The number of rotatable bonds is 1. The molecule has 0 saturated carbocycles. The summed E-state index contributed by atoms with van der Waals surface area (Å²) in [5, 5.41) is 3.54. The molecule has 1 unspecified atom stereocenters. The summed E-state index contributed by atoms with van der Waals surface area (Å²) in [4.78, 5) is 0. The Morgan fingerprint density at radius 2 is 2.33 bits per heavy atom. The van der Waals surface area contributed by atoms with E-state index in [1.807, 2.05) is 0 Å². The summed E-state index contributed by atoms with van der Waals surface area (Å²) in [5.74, 6) is 0. The number of aryl methyl sites for hydroxylation is 1. The highest BCUT2D eigenvalue weighted by molar-refractivity contribution is 5.61. The van der Waals surface area contributed by atoms with Crippen LogP contribution in [0.25, 0.3) is 0 Å². The van der Waals surface area contributed by atoms with Crippen LogP contribution in [-0.2, 0) is 12.8 Å². The second-order valence-electron chi connectivity index (χ2n) is 3.70. The molecule has 1 nitrogen and oxygen atoms in total. The second kappa shape index (κ2) is 2.11. The van der Waals surface area contributed by atoms with Gasteiger partial charge in [-0.2, -0.15) is 0 Å². The molecule has 0 radical (unpaired) electrons. The van der Waals surface area contributed by atoms with Crippen LogP contribution in [-0.4, -0.2) is 6.54 Å². The number of hydrogen-bond donors (Lipinski definition) is 1. The molecular formula is C11H13N. The molecule has 1 aliphatic carbocycles. The number of benzene rings is 1. The lowest BCUT2D eigenvalue weighted by Crippen LogP contribution is -2.19. The summed E-state index contributed by atoms with van der Waals surface area (Å²) in [6.07, 6.45) is 2.41. The van der Waals surface area contributed by atoms with E-state index in [2.05, 4.69) is 24.4 Å². The molecule has 0 spiro atoms. The fourth-order valence-electron chi connectivity index (χ4n) is 2.40. The largest absolute Gasteiger partial charge is 0.306 e. The molecule has 3 rings (SSSR count). The van der Waals surface area contributed by atoms with Crippen molar-refractivity contribution in [1.29, 1.82) is 0 Å². The summed E-state index contributed by atoms with van der Waals surface area (Å²) in [7, 11) is 0. The molecule has 1 heteroatoms. The first-order chi connectivity index (χ1) is 5.92. The predicted octanol–water partition coefficient (Wildman–Crippen LogP) is 1.80. The van der Waals surface area contributed by atoms with Crippen LogP contribution < -0.4 is 5.32 Å². The SMILES string of the molecule is CCc1ccc2c3c1C3NCC2. The third-order valence-electron chi connectivity index (χ3n) is 3.09. The Morgan fingerprint density at radius 1 is 1.42 bits per heavy atom. The van der Waals surface area contributed by atoms with Gasteiger partial charge in [-0.15, -0.1) is 0 Å². The Bertz CT molecular complexity index is 341. The van der Waals surface area contributed by atoms with E-state index in [9.17, 15) is 0 Å². The molecule has 1 heterocycles. The first-order valence-corrected chi connectivity index (χ1v) is 4.79. The van der Waals surface area contributed by atoms with E-state index in [0.29, 0.717) is 6.04 Å². The molecule has 1 atom stereocenters. The maximum atomic E-state index is 3.54. The van der Waals surface area contributed by atoms with Crippen LogP contribution in [0.3, 0.4) is 0 Å². The van der Waals surface area contributed by atoms with Crippen molar-refractivity contribution >= 4 is 0 Å². The first kappa shape index (κ1) is 6.67. The molecule has 0 saturated heterocycles. The average Bonchev–Trinajstić information content (AvgIpc) is 2.84. The molecular weight excluding hydrogens is 146 g/mol. The molecule has 0 fully saturated rings. The van der Waals surface area contributed by atoms with E-state index in [1.165, 1.54) is 12.8 Å². The van der Waals surface area contributed by atoms with Crippen LogP contribution in [0.4, 0.5) is 0 Å². The lowest BCUT2D eigenvalue weighted by Gasteiger charge is -2.08. The van der Waals surface area contributed by atoms with E-state index in [1.54, 1.807) is 22.3 Å². The standard InChI is InChI=1S/C11H13N/c1-2-7-3-4-8-5-6-12-11-9(7)10(8)11/h3-4,11-12H,2,5-6H2,1H3. The number of fused-ring (bicyclic) bond motifs is 1. The first-order valence-electron chi connectivity index (χ1n) is 4.79. The van der Waals surface area contributed by atoms with Gasteiger partial charge >= 0.3 is 0 Å². The molecule has 1 aromatic carbocycles. The topological polar surface area (TPSA) is 12.0 Å². The van der Waals surface area contributed by atoms with Crippen molar-refractivity contribution in [3.05, 3.63) is 34.4 Å². The highest BCUT2D eigenvalue weighted by atomic mass is 15.0. The van der Waals surface area contributed by atoms with Crippen LogP contribution in [0, 0.1) is 0 Å². The summed E-state index contributed by atoms with van der Waals surface area (Å²) >= 11 is 0. The van der Waals surface area contributed by atoms with Crippen LogP contribution in [0.15, 0.2) is 12.1 Å². The molecule has 12 heavy (non-hydrogen) atoms. The normalized spacial score (nSPS) is 23.6. The Hall–Kier alpha value is -0.820. The molecule has 0 aromatic heterocycles. The lowest BCUT2D eigenvalue weighted by atomic mass is 10.1. The monoisotopic (exact) mass is 159 g/mol. The van der Waals surface area contributed by atoms with Crippen LogP contribution in [0.1, 0.15) is 35.2 Å². The lowest BCUT2D eigenvalue weighted by molar-refractivity contribution is 0.646. The molecule has 0 bridgehead atoms. The highest BCUT2D eigenvalue weighted by Gasteiger charge is 2.39. The molecule has 1 aliphatic heterocycles. The molecule has 0 amide bonds. The van der Waals surface area contributed by atoms with Gasteiger partial charge in [0.25, 0.3) is 0 Å². The Labute approximate surface area is 72.8 Å². The van der Waals surface area contributed by atoms with Gasteiger partial charge in [0.15, 0.2) is 0 Å². The van der Waals surface area contributed by atoms with Crippen molar-refractivity contribution in [2.24, 2.45) is 0 Å². The van der Waals surface area contributed by atoms with Gasteiger partial charge < -0.3 is 5.32 Å². The smallest absolute Gasteiger partial charge is 0.0589 e.